The van der Waals surface area contributed by atoms with Crippen LogP contribution in [0.15, 0.2) is 12.4 Å². The number of nitrogens with zero attached hydrogens (tertiary/aromatic N) is 1. The normalized spacial score (nSPS) is 8.80. The Morgan fingerprint density at radius 3 is 2.80 bits per heavy atom. The highest BCUT2D eigenvalue weighted by Gasteiger charge is 1.98. The van der Waals surface area contributed by atoms with Gasteiger partial charge in [0.2, 0.25) is 0 Å². The van der Waals surface area contributed by atoms with Crippen LogP contribution >= 0.6 is 0 Å². The van der Waals surface area contributed by atoms with Gasteiger partial charge in [-0.15, -0.1) is 6.42 Å². The summed E-state index contributed by atoms with van der Waals surface area (Å²) in [7, 11) is 0. The number of aromatic hydroxyl groups is 1. The summed E-state index contributed by atoms with van der Waals surface area (Å²) in [4.78, 5) is 3.72. The fraction of sp³-hybridized carbons (Fsp3) is 0.125. The zero-order chi connectivity index (χ0) is 7.56. The molecular formula is C8H7NO. The van der Waals surface area contributed by atoms with Crippen molar-refractivity contribution in [1.29, 1.82) is 0 Å². The maximum absolute atomic E-state index is 9.07. The third-order valence-electron chi connectivity index (χ3n) is 1.34. The van der Waals surface area contributed by atoms with Crippen LogP contribution in [0.1, 0.15) is 11.1 Å². The Bertz CT molecular complexity index is 286. The van der Waals surface area contributed by atoms with Gasteiger partial charge >= 0.3 is 0 Å². The molecule has 0 saturated carbocycles. The molecule has 0 aliphatic carbocycles. The molecule has 1 N–H and O–H groups in total. The van der Waals surface area contributed by atoms with E-state index in [1.807, 2.05) is 0 Å². The largest absolute Gasteiger partial charge is 0.506 e. The first-order valence-electron chi connectivity index (χ1n) is 2.86. The van der Waals surface area contributed by atoms with E-state index in [1.54, 1.807) is 13.1 Å². The average Bonchev–Trinajstić information content (AvgIpc) is 1.95. The van der Waals surface area contributed by atoms with Gasteiger partial charge in [-0.2, -0.15) is 0 Å². The van der Waals surface area contributed by atoms with Crippen LogP contribution < -0.4 is 0 Å². The van der Waals surface area contributed by atoms with Gasteiger partial charge in [-0.25, -0.2) is 0 Å². The van der Waals surface area contributed by atoms with Crippen molar-refractivity contribution in [2.45, 2.75) is 6.92 Å². The Labute approximate surface area is 59.5 Å². The van der Waals surface area contributed by atoms with Crippen molar-refractivity contribution in [3.05, 3.63) is 23.5 Å². The molecule has 2 nitrogen and oxygen atoms in total. The van der Waals surface area contributed by atoms with Gasteiger partial charge in [-0.05, 0) is 6.92 Å². The summed E-state index contributed by atoms with van der Waals surface area (Å²) in [6.07, 6.45) is 8.04. The fourth-order valence-corrected chi connectivity index (χ4v) is 0.660. The van der Waals surface area contributed by atoms with Gasteiger partial charge < -0.3 is 5.11 Å². The number of aromatic nitrogens is 1. The highest BCUT2D eigenvalue weighted by molar-refractivity contribution is 5.43. The van der Waals surface area contributed by atoms with E-state index in [9.17, 15) is 0 Å². The molecular weight excluding hydrogens is 126 g/mol. The standard InChI is InChI=1S/C8H7NO/c1-3-7-4-9-5-8(10)6(7)2/h1,4-5,10H,2H3. The Kier molecular flexibility index (Phi) is 1.59. The Hall–Kier alpha value is -1.49. The molecule has 0 fully saturated rings. The summed E-state index contributed by atoms with van der Waals surface area (Å²) >= 11 is 0. The third kappa shape index (κ3) is 0.939. The maximum atomic E-state index is 9.07. The molecule has 1 heterocycles. The average molecular weight is 133 g/mol. The van der Waals surface area contributed by atoms with E-state index in [4.69, 9.17) is 11.5 Å². The second-order valence-corrected chi connectivity index (χ2v) is 1.98. The van der Waals surface area contributed by atoms with E-state index < -0.39 is 0 Å². The van der Waals surface area contributed by atoms with Crippen LogP contribution in [0, 0.1) is 19.3 Å². The van der Waals surface area contributed by atoms with Gasteiger partial charge in [0.25, 0.3) is 0 Å². The topological polar surface area (TPSA) is 33.1 Å². The summed E-state index contributed by atoms with van der Waals surface area (Å²) in [5.74, 6) is 2.56. The minimum absolute atomic E-state index is 0.149. The second-order valence-electron chi connectivity index (χ2n) is 1.98. The second kappa shape index (κ2) is 2.40. The molecule has 50 valence electrons. The minimum atomic E-state index is 0.149. The first kappa shape index (κ1) is 6.63. The van der Waals surface area contributed by atoms with E-state index in [2.05, 4.69) is 10.9 Å². The quantitative estimate of drug-likeness (QED) is 0.537. The van der Waals surface area contributed by atoms with E-state index in [-0.39, 0.29) is 5.75 Å². The number of hydrogen-bond donors (Lipinski definition) is 1. The van der Waals surface area contributed by atoms with Crippen LogP contribution in [0.3, 0.4) is 0 Å². The van der Waals surface area contributed by atoms with Gasteiger partial charge in [0, 0.05) is 17.3 Å². The van der Waals surface area contributed by atoms with Crippen molar-refractivity contribution in [1.82, 2.24) is 4.98 Å². The monoisotopic (exact) mass is 133 g/mol. The summed E-state index contributed by atoms with van der Waals surface area (Å²) in [5, 5.41) is 9.07. The predicted molar refractivity (Wildman–Crippen MR) is 38.6 cm³/mol. The van der Waals surface area contributed by atoms with Crippen LogP contribution in [0.5, 0.6) is 5.75 Å². The highest BCUT2D eigenvalue weighted by atomic mass is 16.3. The molecule has 0 aromatic carbocycles. The molecule has 2 heteroatoms. The lowest BCUT2D eigenvalue weighted by Crippen LogP contribution is -1.83. The molecule has 0 amide bonds. The smallest absolute Gasteiger partial charge is 0.138 e. The SMILES string of the molecule is C#Cc1cncc(O)c1C. The fourth-order valence-electron chi connectivity index (χ4n) is 0.660. The summed E-state index contributed by atoms with van der Waals surface area (Å²) in [5.41, 5.74) is 1.34. The molecule has 1 aromatic rings. The molecule has 0 aliphatic heterocycles. The van der Waals surface area contributed by atoms with Gasteiger partial charge in [0.1, 0.15) is 5.75 Å². The van der Waals surface area contributed by atoms with E-state index in [0.29, 0.717) is 11.1 Å². The van der Waals surface area contributed by atoms with Crippen LogP contribution in [0.25, 0.3) is 0 Å². The lowest BCUT2D eigenvalue weighted by molar-refractivity contribution is 0.468. The predicted octanol–water partition coefficient (Wildman–Crippen LogP) is 1.08. The first-order chi connectivity index (χ1) is 4.75. The number of pyridine rings is 1. The molecule has 0 bridgehead atoms. The number of rotatable bonds is 0. The van der Waals surface area contributed by atoms with Crippen LogP contribution in [0.4, 0.5) is 0 Å². The maximum Gasteiger partial charge on any atom is 0.138 e. The Balaban J connectivity index is 3.31. The highest BCUT2D eigenvalue weighted by Crippen LogP contribution is 2.15. The zero-order valence-corrected chi connectivity index (χ0v) is 5.63. The Morgan fingerprint density at radius 1 is 1.60 bits per heavy atom. The minimum Gasteiger partial charge on any atom is -0.506 e. The van der Waals surface area contributed by atoms with E-state index >= 15 is 0 Å². The summed E-state index contributed by atoms with van der Waals surface area (Å²) in [6.45, 7) is 1.76. The molecule has 10 heavy (non-hydrogen) atoms. The number of hydrogen-bond acceptors (Lipinski definition) is 2. The van der Waals surface area contributed by atoms with Crippen molar-refractivity contribution in [2.24, 2.45) is 0 Å². The molecule has 0 aliphatic rings. The van der Waals surface area contributed by atoms with Gasteiger partial charge in [-0.1, -0.05) is 5.92 Å². The molecule has 1 aromatic heterocycles. The van der Waals surface area contributed by atoms with Crippen molar-refractivity contribution in [2.75, 3.05) is 0 Å². The van der Waals surface area contributed by atoms with E-state index in [1.165, 1.54) is 6.20 Å². The van der Waals surface area contributed by atoms with Crippen molar-refractivity contribution in [3.8, 4) is 18.1 Å². The van der Waals surface area contributed by atoms with Gasteiger partial charge in [0.05, 0.1) is 6.20 Å². The summed E-state index contributed by atoms with van der Waals surface area (Å²) in [6, 6.07) is 0. The summed E-state index contributed by atoms with van der Waals surface area (Å²) < 4.78 is 0. The third-order valence-corrected chi connectivity index (χ3v) is 1.34. The van der Waals surface area contributed by atoms with Crippen LogP contribution in [-0.2, 0) is 0 Å². The first-order valence-corrected chi connectivity index (χ1v) is 2.86. The lowest BCUT2D eigenvalue weighted by Gasteiger charge is -1.97. The molecule has 0 radical (unpaired) electrons. The van der Waals surface area contributed by atoms with Crippen LogP contribution in [-0.4, -0.2) is 10.1 Å². The molecule has 0 atom stereocenters. The van der Waals surface area contributed by atoms with Gasteiger partial charge in [0.15, 0.2) is 0 Å². The molecule has 1 rings (SSSR count). The lowest BCUT2D eigenvalue weighted by atomic mass is 10.1. The Morgan fingerprint density at radius 2 is 2.30 bits per heavy atom. The number of terminal acetylenes is 1. The zero-order valence-electron chi connectivity index (χ0n) is 5.63. The van der Waals surface area contributed by atoms with Gasteiger partial charge in [-0.3, -0.25) is 4.98 Å². The van der Waals surface area contributed by atoms with Crippen molar-refractivity contribution >= 4 is 0 Å². The molecule has 0 spiro atoms. The van der Waals surface area contributed by atoms with E-state index in [0.717, 1.165) is 0 Å². The molecule has 0 unspecified atom stereocenters. The van der Waals surface area contributed by atoms with Crippen molar-refractivity contribution < 1.29 is 5.11 Å². The molecule has 0 saturated heterocycles. The van der Waals surface area contributed by atoms with Crippen LogP contribution in [0.2, 0.25) is 0 Å². The van der Waals surface area contributed by atoms with Crippen molar-refractivity contribution in [3.63, 3.8) is 0 Å².